The Bertz CT molecular complexity index is 1010. The van der Waals surface area contributed by atoms with E-state index in [1.54, 1.807) is 26.8 Å². The summed E-state index contributed by atoms with van der Waals surface area (Å²) >= 11 is 0. The average Bonchev–Trinajstić information content (AvgIpc) is 3.06. The van der Waals surface area contributed by atoms with Gasteiger partial charge in [0, 0.05) is 11.4 Å². The summed E-state index contributed by atoms with van der Waals surface area (Å²) in [6, 6.07) is 13.6. The van der Waals surface area contributed by atoms with Crippen molar-refractivity contribution in [3.05, 3.63) is 79.0 Å². The Balaban J connectivity index is 2.23. The summed E-state index contributed by atoms with van der Waals surface area (Å²) < 4.78 is 6.92. The number of benzene rings is 1. The second kappa shape index (κ2) is 10.8. The quantitative estimate of drug-likeness (QED) is 0.414. The minimum Gasteiger partial charge on any atom is -0.442 e. The molecule has 3 N–H and O–H groups in total. The van der Waals surface area contributed by atoms with Crippen molar-refractivity contribution in [3.8, 4) is 11.3 Å². The van der Waals surface area contributed by atoms with Crippen molar-refractivity contribution < 1.29 is 14.3 Å². The fourth-order valence-corrected chi connectivity index (χ4v) is 2.70. The number of hydrogen-bond acceptors (Lipinski definition) is 3. The van der Waals surface area contributed by atoms with Crippen molar-refractivity contribution in [1.82, 2.24) is 9.88 Å². The van der Waals surface area contributed by atoms with Crippen LogP contribution in [0.3, 0.4) is 0 Å². The number of nitrogens with zero attached hydrogens (tertiary/aromatic N) is 2. The number of carbonyl (C=O) groups excluding carboxylic acids is 2. The molecule has 0 radical (unpaired) electrons. The van der Waals surface area contributed by atoms with Gasteiger partial charge < -0.3 is 15.0 Å². The molecule has 31 heavy (non-hydrogen) atoms. The van der Waals surface area contributed by atoms with Gasteiger partial charge in [0.05, 0.1) is 0 Å². The van der Waals surface area contributed by atoms with E-state index in [2.05, 4.69) is 16.9 Å². The van der Waals surface area contributed by atoms with Crippen LogP contribution in [-0.4, -0.2) is 28.1 Å². The Hall–Kier alpha value is -3.87. The van der Waals surface area contributed by atoms with E-state index in [1.165, 1.54) is 0 Å². The van der Waals surface area contributed by atoms with E-state index in [1.807, 2.05) is 71.3 Å². The van der Waals surface area contributed by atoms with Gasteiger partial charge in [-0.25, -0.2) is 4.79 Å². The van der Waals surface area contributed by atoms with Gasteiger partial charge in [0.1, 0.15) is 12.1 Å². The first-order chi connectivity index (χ1) is 14.7. The molecule has 7 nitrogen and oxygen atoms in total. The van der Waals surface area contributed by atoms with E-state index in [0.717, 1.165) is 17.0 Å². The van der Waals surface area contributed by atoms with Crippen molar-refractivity contribution in [3.63, 3.8) is 0 Å². The Kier molecular flexibility index (Phi) is 8.14. The van der Waals surface area contributed by atoms with Crippen molar-refractivity contribution in [1.29, 1.82) is 0 Å². The van der Waals surface area contributed by atoms with Gasteiger partial charge in [-0.3, -0.25) is 10.1 Å². The van der Waals surface area contributed by atoms with Crippen LogP contribution in [-0.2, 0) is 16.1 Å². The van der Waals surface area contributed by atoms with Crippen LogP contribution in [0.4, 0.5) is 4.79 Å². The van der Waals surface area contributed by atoms with E-state index in [0.29, 0.717) is 0 Å². The molecule has 0 saturated carbocycles. The van der Waals surface area contributed by atoms with Crippen LogP contribution in [0.1, 0.15) is 26.5 Å². The summed E-state index contributed by atoms with van der Waals surface area (Å²) in [6.45, 7) is 8.76. The SMILES string of the molecule is C=C/C=C\C=C\c1ccc(-c2ccccc2)n1CC(=O)N/C(N)=N/C(=O)OC(C)(C)C. The van der Waals surface area contributed by atoms with Crippen molar-refractivity contribution >= 4 is 24.0 Å². The predicted molar refractivity (Wildman–Crippen MR) is 124 cm³/mol. The second-order valence-electron chi connectivity index (χ2n) is 7.60. The van der Waals surface area contributed by atoms with Crippen LogP contribution in [0.15, 0.2) is 78.3 Å². The zero-order valence-electron chi connectivity index (χ0n) is 18.0. The van der Waals surface area contributed by atoms with Crippen molar-refractivity contribution in [2.45, 2.75) is 32.9 Å². The fraction of sp³-hybridized carbons (Fsp3) is 0.208. The Morgan fingerprint density at radius 3 is 2.48 bits per heavy atom. The number of guanidine groups is 1. The lowest BCUT2D eigenvalue weighted by atomic mass is 10.1. The Labute approximate surface area is 182 Å². The lowest BCUT2D eigenvalue weighted by Gasteiger charge is -2.17. The molecule has 2 rings (SSSR count). The molecule has 0 fully saturated rings. The number of hydrogen-bond donors (Lipinski definition) is 2. The first-order valence-electron chi connectivity index (χ1n) is 9.77. The first kappa shape index (κ1) is 23.4. The number of aliphatic imine (C=N–C) groups is 1. The monoisotopic (exact) mass is 420 g/mol. The van der Waals surface area contributed by atoms with Gasteiger partial charge in [-0.2, -0.15) is 0 Å². The molecule has 0 aliphatic heterocycles. The molecule has 0 aliphatic rings. The molecule has 0 unspecified atom stereocenters. The molecule has 162 valence electrons. The molecule has 0 aliphatic carbocycles. The van der Waals surface area contributed by atoms with Gasteiger partial charge in [-0.15, -0.1) is 4.99 Å². The summed E-state index contributed by atoms with van der Waals surface area (Å²) in [4.78, 5) is 27.9. The summed E-state index contributed by atoms with van der Waals surface area (Å²) in [5.41, 5.74) is 7.65. The third-order valence-electron chi connectivity index (χ3n) is 3.88. The number of aromatic nitrogens is 1. The number of amides is 2. The predicted octanol–water partition coefficient (Wildman–Crippen LogP) is 4.28. The van der Waals surface area contributed by atoms with Crippen LogP contribution >= 0.6 is 0 Å². The third kappa shape index (κ3) is 7.81. The molecule has 1 aromatic heterocycles. The normalized spacial score (nSPS) is 12.3. The average molecular weight is 421 g/mol. The van der Waals surface area contributed by atoms with Crippen LogP contribution in [0.25, 0.3) is 17.3 Å². The minimum atomic E-state index is -0.867. The third-order valence-corrected chi connectivity index (χ3v) is 3.88. The molecular formula is C24H28N4O3. The molecule has 1 aromatic carbocycles. The van der Waals surface area contributed by atoms with Crippen molar-refractivity contribution in [2.24, 2.45) is 10.7 Å². The van der Waals surface area contributed by atoms with E-state index < -0.39 is 17.6 Å². The molecule has 0 atom stereocenters. The summed E-state index contributed by atoms with van der Waals surface area (Å²) in [5, 5.41) is 2.43. The highest BCUT2D eigenvalue weighted by molar-refractivity contribution is 6.00. The fourth-order valence-electron chi connectivity index (χ4n) is 2.70. The summed E-state index contributed by atoms with van der Waals surface area (Å²) in [7, 11) is 0. The Morgan fingerprint density at radius 1 is 1.13 bits per heavy atom. The Morgan fingerprint density at radius 2 is 1.84 bits per heavy atom. The van der Waals surface area contributed by atoms with Crippen LogP contribution in [0.2, 0.25) is 0 Å². The number of rotatable bonds is 6. The lowest BCUT2D eigenvalue weighted by molar-refractivity contribution is -0.120. The molecule has 0 spiro atoms. The van der Waals surface area contributed by atoms with Gasteiger partial charge in [0.2, 0.25) is 11.9 Å². The highest BCUT2D eigenvalue weighted by Gasteiger charge is 2.17. The second-order valence-corrected chi connectivity index (χ2v) is 7.60. The minimum absolute atomic E-state index is 0.0212. The molecule has 0 bridgehead atoms. The summed E-state index contributed by atoms with van der Waals surface area (Å²) in [5.74, 6) is -0.742. The van der Waals surface area contributed by atoms with Gasteiger partial charge in [-0.1, -0.05) is 61.2 Å². The van der Waals surface area contributed by atoms with E-state index >= 15 is 0 Å². The molecule has 1 heterocycles. The van der Waals surface area contributed by atoms with Gasteiger partial charge in [-0.05, 0) is 44.5 Å². The van der Waals surface area contributed by atoms with E-state index in [9.17, 15) is 9.59 Å². The zero-order valence-corrected chi connectivity index (χ0v) is 18.0. The number of nitrogens with two attached hydrogens (primary N) is 1. The van der Waals surface area contributed by atoms with Gasteiger partial charge >= 0.3 is 6.09 Å². The van der Waals surface area contributed by atoms with Crippen molar-refractivity contribution in [2.75, 3.05) is 0 Å². The van der Waals surface area contributed by atoms with Gasteiger partial charge in [0.25, 0.3) is 0 Å². The van der Waals surface area contributed by atoms with Crippen LogP contribution < -0.4 is 11.1 Å². The maximum absolute atomic E-state index is 12.6. The highest BCUT2D eigenvalue weighted by Crippen LogP contribution is 2.23. The maximum Gasteiger partial charge on any atom is 0.437 e. The molecular weight excluding hydrogens is 392 g/mol. The smallest absolute Gasteiger partial charge is 0.437 e. The van der Waals surface area contributed by atoms with E-state index in [4.69, 9.17) is 10.5 Å². The highest BCUT2D eigenvalue weighted by atomic mass is 16.6. The molecule has 2 amide bonds. The van der Waals surface area contributed by atoms with Gasteiger partial charge in [0.15, 0.2) is 0 Å². The molecule has 0 saturated heterocycles. The lowest BCUT2D eigenvalue weighted by Crippen LogP contribution is -2.39. The maximum atomic E-state index is 12.6. The summed E-state index contributed by atoms with van der Waals surface area (Å²) in [6.07, 6.45) is 8.21. The standard InChI is InChI=1S/C24H28N4O3/c1-5-6-7-11-14-19-15-16-20(18-12-9-8-10-13-18)28(19)17-21(29)26-22(25)27-23(30)31-24(2,3)4/h5-16H,1,17H2,2-4H3,(H3,25,26,27,29,30)/b7-6-,14-11+. The molecule has 7 heteroatoms. The number of nitrogens with one attached hydrogen (secondary N) is 1. The zero-order chi connectivity index (χ0) is 22.9. The first-order valence-corrected chi connectivity index (χ1v) is 9.77. The van der Waals surface area contributed by atoms with Crippen LogP contribution in [0, 0.1) is 0 Å². The largest absolute Gasteiger partial charge is 0.442 e. The van der Waals surface area contributed by atoms with Crippen LogP contribution in [0.5, 0.6) is 0 Å². The number of allylic oxidation sites excluding steroid dienone is 4. The topological polar surface area (TPSA) is 98.7 Å². The van der Waals surface area contributed by atoms with E-state index in [-0.39, 0.29) is 12.5 Å². The number of ether oxygens (including phenoxy) is 1. The number of carbonyl (C=O) groups is 2. The molecule has 2 aromatic rings.